The molecule has 106 valence electrons. The maximum absolute atomic E-state index is 8.96. The van der Waals surface area contributed by atoms with Gasteiger partial charge in [-0.25, -0.2) is 0 Å². The van der Waals surface area contributed by atoms with E-state index in [1.54, 1.807) is 42.5 Å². The summed E-state index contributed by atoms with van der Waals surface area (Å²) >= 11 is 0. The molecule has 1 aromatic carbocycles. The number of aliphatic hydroxyl groups is 1. The summed E-state index contributed by atoms with van der Waals surface area (Å²) in [6.45, 7) is -0.143. The molecule has 7 heteroatoms. The first-order valence-electron chi connectivity index (χ1n) is 6.02. The number of hydrazone groups is 1. The van der Waals surface area contributed by atoms with Gasteiger partial charge in [0.2, 0.25) is 5.71 Å². The van der Waals surface area contributed by atoms with Gasteiger partial charge in [-0.3, -0.25) is 10.8 Å². The van der Waals surface area contributed by atoms with Crippen molar-refractivity contribution < 1.29 is 9.52 Å². The first-order chi connectivity index (χ1) is 10.1. The zero-order valence-corrected chi connectivity index (χ0v) is 11.0. The number of rotatable bonds is 5. The van der Waals surface area contributed by atoms with Crippen LogP contribution in [0, 0.1) is 16.7 Å². The molecule has 0 fully saturated rings. The van der Waals surface area contributed by atoms with Crippen molar-refractivity contribution in [1.29, 1.82) is 10.7 Å². The van der Waals surface area contributed by atoms with Crippen molar-refractivity contribution >= 4 is 17.2 Å². The van der Waals surface area contributed by atoms with Gasteiger partial charge >= 0.3 is 0 Å². The van der Waals surface area contributed by atoms with Crippen molar-refractivity contribution in [2.75, 3.05) is 5.43 Å². The standard InChI is InChI=1S/C14H13N5O2/c15-7-12(14(16)17)19-18-10-3-1-9(2-4-10)13-6-5-11(8-20)21-13/h1-6,18,20H,8H2,(H3,16,17)/b19-12+. The molecule has 5 N–H and O–H groups in total. The van der Waals surface area contributed by atoms with Crippen molar-refractivity contribution in [3.05, 3.63) is 42.2 Å². The van der Waals surface area contributed by atoms with E-state index in [2.05, 4.69) is 10.5 Å². The van der Waals surface area contributed by atoms with Crippen molar-refractivity contribution in [3.63, 3.8) is 0 Å². The molecule has 2 aromatic rings. The van der Waals surface area contributed by atoms with Crippen LogP contribution >= 0.6 is 0 Å². The van der Waals surface area contributed by atoms with E-state index in [1.807, 2.05) is 0 Å². The summed E-state index contributed by atoms with van der Waals surface area (Å²) < 4.78 is 5.42. The molecular formula is C14H13N5O2. The third-order valence-electron chi connectivity index (χ3n) is 2.64. The highest BCUT2D eigenvalue weighted by Crippen LogP contribution is 2.23. The van der Waals surface area contributed by atoms with E-state index in [-0.39, 0.29) is 12.3 Å². The Balaban J connectivity index is 2.12. The van der Waals surface area contributed by atoms with E-state index in [9.17, 15) is 0 Å². The average Bonchev–Trinajstić information content (AvgIpc) is 2.97. The Morgan fingerprint density at radius 2 is 2.05 bits per heavy atom. The summed E-state index contributed by atoms with van der Waals surface area (Å²) in [6.07, 6.45) is 0. The number of anilines is 1. The van der Waals surface area contributed by atoms with Gasteiger partial charge in [0.05, 0.1) is 5.69 Å². The van der Waals surface area contributed by atoms with Crippen LogP contribution in [0.1, 0.15) is 5.76 Å². The molecule has 7 nitrogen and oxygen atoms in total. The number of nitrogens with two attached hydrogens (primary N) is 1. The molecule has 0 saturated heterocycles. The molecule has 0 aliphatic rings. The molecule has 2 rings (SSSR count). The number of benzene rings is 1. The van der Waals surface area contributed by atoms with Gasteiger partial charge in [-0.05, 0) is 36.4 Å². The SMILES string of the molecule is N#C/C(=N\Nc1ccc(-c2ccc(CO)o2)cc1)C(=N)N. The molecular weight excluding hydrogens is 270 g/mol. The Bertz CT molecular complexity index is 710. The van der Waals surface area contributed by atoms with Gasteiger partial charge in [0.15, 0.2) is 5.84 Å². The summed E-state index contributed by atoms with van der Waals surface area (Å²) in [7, 11) is 0. The lowest BCUT2D eigenvalue weighted by Gasteiger charge is -2.02. The van der Waals surface area contributed by atoms with Crippen molar-refractivity contribution in [2.45, 2.75) is 6.61 Å². The maximum Gasteiger partial charge on any atom is 0.201 e. The van der Waals surface area contributed by atoms with Crippen molar-refractivity contribution in [1.82, 2.24) is 0 Å². The highest BCUT2D eigenvalue weighted by atomic mass is 16.4. The van der Waals surface area contributed by atoms with Gasteiger partial charge in [-0.15, -0.1) is 0 Å². The van der Waals surface area contributed by atoms with Crippen molar-refractivity contribution in [3.8, 4) is 17.4 Å². The Morgan fingerprint density at radius 3 is 2.57 bits per heavy atom. The smallest absolute Gasteiger partial charge is 0.201 e. The van der Waals surface area contributed by atoms with Gasteiger partial charge in [-0.2, -0.15) is 10.4 Å². The van der Waals surface area contributed by atoms with Gasteiger partial charge < -0.3 is 15.3 Å². The highest BCUT2D eigenvalue weighted by molar-refractivity contribution is 6.45. The number of hydrogen-bond acceptors (Lipinski definition) is 6. The molecule has 0 unspecified atom stereocenters. The van der Waals surface area contributed by atoms with Gasteiger partial charge in [0.25, 0.3) is 0 Å². The zero-order chi connectivity index (χ0) is 15.2. The molecule has 1 aromatic heterocycles. The Hall–Kier alpha value is -3.11. The minimum atomic E-state index is -0.395. The van der Waals surface area contributed by atoms with E-state index in [4.69, 9.17) is 25.9 Å². The van der Waals surface area contributed by atoms with Crippen LogP contribution in [0.25, 0.3) is 11.3 Å². The number of aliphatic hydroxyl groups excluding tert-OH is 1. The van der Waals surface area contributed by atoms with Crippen LogP contribution in [0.5, 0.6) is 0 Å². The highest BCUT2D eigenvalue weighted by Gasteiger charge is 2.04. The number of furan rings is 1. The predicted molar refractivity (Wildman–Crippen MR) is 78.7 cm³/mol. The maximum atomic E-state index is 8.96. The van der Waals surface area contributed by atoms with Gasteiger partial charge in [0, 0.05) is 5.56 Å². The van der Waals surface area contributed by atoms with Crippen LogP contribution in [0.4, 0.5) is 5.69 Å². The van der Waals surface area contributed by atoms with E-state index >= 15 is 0 Å². The lowest BCUT2D eigenvalue weighted by atomic mass is 10.1. The molecule has 1 heterocycles. The fourth-order valence-electron chi connectivity index (χ4n) is 1.59. The Labute approximate surface area is 120 Å². The fourth-order valence-corrected chi connectivity index (χ4v) is 1.59. The second-order valence-corrected chi connectivity index (χ2v) is 4.10. The largest absolute Gasteiger partial charge is 0.459 e. The quantitative estimate of drug-likeness (QED) is 0.376. The van der Waals surface area contributed by atoms with Crippen LogP contribution < -0.4 is 11.2 Å². The summed E-state index contributed by atoms with van der Waals surface area (Å²) in [5.41, 5.74) is 9.13. The third kappa shape index (κ3) is 3.46. The number of nitrogens with zero attached hydrogens (tertiary/aromatic N) is 2. The molecule has 0 saturated carbocycles. The lowest BCUT2D eigenvalue weighted by Crippen LogP contribution is -2.21. The minimum Gasteiger partial charge on any atom is -0.459 e. The van der Waals surface area contributed by atoms with E-state index in [0.29, 0.717) is 17.2 Å². The first-order valence-corrected chi connectivity index (χ1v) is 6.02. The van der Waals surface area contributed by atoms with Crippen LogP contribution in [0.2, 0.25) is 0 Å². The van der Waals surface area contributed by atoms with Gasteiger partial charge in [0.1, 0.15) is 24.2 Å². The summed E-state index contributed by atoms with van der Waals surface area (Å²) in [4.78, 5) is 0. The number of nitrogens with one attached hydrogen (secondary N) is 2. The van der Waals surface area contributed by atoms with E-state index in [1.165, 1.54) is 0 Å². The second kappa shape index (κ2) is 6.36. The predicted octanol–water partition coefficient (Wildman–Crippen LogP) is 1.67. The van der Waals surface area contributed by atoms with Crippen LogP contribution in [-0.2, 0) is 6.61 Å². The molecule has 0 aliphatic heterocycles. The third-order valence-corrected chi connectivity index (χ3v) is 2.64. The zero-order valence-electron chi connectivity index (χ0n) is 11.0. The number of hydrogen-bond donors (Lipinski definition) is 4. The number of amidine groups is 1. The lowest BCUT2D eigenvalue weighted by molar-refractivity contribution is 0.248. The van der Waals surface area contributed by atoms with Gasteiger partial charge in [-0.1, -0.05) is 0 Å². The first kappa shape index (κ1) is 14.3. The normalized spacial score (nSPS) is 11.0. The summed E-state index contributed by atoms with van der Waals surface area (Å²) in [5.74, 6) is 0.751. The van der Waals surface area contributed by atoms with Crippen LogP contribution in [0.15, 0.2) is 45.9 Å². The molecule has 0 atom stereocenters. The molecule has 0 spiro atoms. The van der Waals surface area contributed by atoms with Crippen molar-refractivity contribution in [2.24, 2.45) is 10.8 Å². The second-order valence-electron chi connectivity index (χ2n) is 4.10. The van der Waals surface area contributed by atoms with E-state index in [0.717, 1.165) is 5.56 Å². The Morgan fingerprint density at radius 1 is 1.33 bits per heavy atom. The van der Waals surface area contributed by atoms with E-state index < -0.39 is 5.84 Å². The molecule has 0 bridgehead atoms. The fraction of sp³-hybridized carbons (Fsp3) is 0.0714. The monoisotopic (exact) mass is 283 g/mol. The minimum absolute atomic E-state index is 0.143. The molecule has 21 heavy (non-hydrogen) atoms. The molecule has 0 amide bonds. The van der Waals surface area contributed by atoms with Crippen LogP contribution in [0.3, 0.4) is 0 Å². The topological polar surface area (TPSA) is 131 Å². The molecule has 0 aliphatic carbocycles. The Kier molecular flexibility index (Phi) is 4.33. The summed E-state index contributed by atoms with van der Waals surface area (Å²) in [5, 5.41) is 28.5. The van der Waals surface area contributed by atoms with Crippen LogP contribution in [-0.4, -0.2) is 16.7 Å². The average molecular weight is 283 g/mol. The summed E-state index contributed by atoms with van der Waals surface area (Å²) in [6, 6.07) is 12.3. The number of nitriles is 1. The molecule has 0 radical (unpaired) electrons.